The highest BCUT2D eigenvalue weighted by Crippen LogP contribution is 2.43. The standard InChI is InChI=1S/C21H19F2N5O2/c22-20(23)30-18-7-2-6-16(25-18)21(10-3-11-21)26-17-9-8-15(27-28-17)13-4-1-5-14(12-13)19(24)29/h1-2,4-9,12,20H,3,10-11H2,(H2,24,29)(H,26,28). The summed E-state index contributed by atoms with van der Waals surface area (Å²) in [6.45, 7) is -2.93. The van der Waals surface area contributed by atoms with E-state index in [4.69, 9.17) is 5.73 Å². The maximum Gasteiger partial charge on any atom is 0.388 e. The van der Waals surface area contributed by atoms with Crippen molar-refractivity contribution in [3.63, 3.8) is 0 Å². The van der Waals surface area contributed by atoms with Crippen molar-refractivity contribution in [2.75, 3.05) is 5.32 Å². The smallest absolute Gasteiger partial charge is 0.388 e. The summed E-state index contributed by atoms with van der Waals surface area (Å²) in [4.78, 5) is 15.6. The molecular weight excluding hydrogens is 392 g/mol. The van der Waals surface area contributed by atoms with Crippen LogP contribution in [-0.4, -0.2) is 27.7 Å². The molecule has 0 saturated heterocycles. The molecule has 1 aliphatic carbocycles. The van der Waals surface area contributed by atoms with Crippen LogP contribution in [0, 0.1) is 0 Å². The zero-order chi connectivity index (χ0) is 21.1. The van der Waals surface area contributed by atoms with Crippen molar-refractivity contribution in [2.24, 2.45) is 5.73 Å². The molecule has 2 aromatic heterocycles. The highest BCUT2D eigenvalue weighted by atomic mass is 19.3. The third-order valence-electron chi connectivity index (χ3n) is 5.11. The number of carbonyl (C=O) groups is 1. The van der Waals surface area contributed by atoms with Crippen molar-refractivity contribution in [3.8, 4) is 17.1 Å². The molecule has 1 saturated carbocycles. The Kier molecular flexibility index (Phi) is 5.26. The number of nitrogens with two attached hydrogens (primary N) is 1. The van der Waals surface area contributed by atoms with Crippen molar-refractivity contribution in [1.29, 1.82) is 0 Å². The van der Waals surface area contributed by atoms with Crippen LogP contribution < -0.4 is 15.8 Å². The molecule has 0 unspecified atom stereocenters. The van der Waals surface area contributed by atoms with Crippen LogP contribution in [-0.2, 0) is 5.54 Å². The quantitative estimate of drug-likeness (QED) is 0.614. The van der Waals surface area contributed by atoms with Gasteiger partial charge in [-0.25, -0.2) is 4.98 Å². The highest BCUT2D eigenvalue weighted by Gasteiger charge is 2.40. The molecule has 1 aromatic carbocycles. The van der Waals surface area contributed by atoms with Crippen molar-refractivity contribution in [2.45, 2.75) is 31.4 Å². The number of ether oxygens (including phenoxy) is 1. The highest BCUT2D eigenvalue weighted by molar-refractivity contribution is 5.93. The third kappa shape index (κ3) is 4.05. The minimum atomic E-state index is -2.93. The zero-order valence-electron chi connectivity index (χ0n) is 15.9. The molecule has 3 aromatic rings. The number of halogens is 2. The molecule has 7 nitrogen and oxygen atoms in total. The number of hydrogen-bond acceptors (Lipinski definition) is 6. The molecule has 30 heavy (non-hydrogen) atoms. The van der Waals surface area contributed by atoms with Gasteiger partial charge in [0.2, 0.25) is 11.8 Å². The minimum Gasteiger partial charge on any atom is -0.417 e. The molecule has 3 N–H and O–H groups in total. The molecule has 1 amide bonds. The van der Waals surface area contributed by atoms with Gasteiger partial charge in [-0.15, -0.1) is 10.2 Å². The Balaban J connectivity index is 1.55. The van der Waals surface area contributed by atoms with Crippen LogP contribution in [0.25, 0.3) is 11.3 Å². The SMILES string of the molecule is NC(=O)c1cccc(-c2ccc(NC3(c4cccc(OC(F)F)n4)CCC3)nn2)c1. The molecule has 2 heterocycles. The van der Waals surface area contributed by atoms with Crippen molar-refractivity contribution in [3.05, 3.63) is 65.9 Å². The van der Waals surface area contributed by atoms with E-state index in [9.17, 15) is 13.6 Å². The van der Waals surface area contributed by atoms with Crippen LogP contribution >= 0.6 is 0 Å². The number of nitrogens with one attached hydrogen (secondary N) is 1. The third-order valence-corrected chi connectivity index (χ3v) is 5.11. The summed E-state index contributed by atoms with van der Waals surface area (Å²) in [7, 11) is 0. The summed E-state index contributed by atoms with van der Waals surface area (Å²) in [6, 6.07) is 15.2. The Morgan fingerprint density at radius 1 is 1.10 bits per heavy atom. The van der Waals surface area contributed by atoms with Gasteiger partial charge in [-0.05, 0) is 49.6 Å². The average Bonchev–Trinajstić information content (AvgIpc) is 2.71. The summed E-state index contributed by atoms with van der Waals surface area (Å²) < 4.78 is 29.5. The fraction of sp³-hybridized carbons (Fsp3) is 0.238. The maximum atomic E-state index is 12.5. The van der Waals surface area contributed by atoms with Gasteiger partial charge in [-0.1, -0.05) is 18.2 Å². The zero-order valence-corrected chi connectivity index (χ0v) is 15.9. The first-order valence-corrected chi connectivity index (χ1v) is 9.40. The van der Waals surface area contributed by atoms with Crippen LogP contribution in [0.5, 0.6) is 5.88 Å². The summed E-state index contributed by atoms with van der Waals surface area (Å²) in [5, 5.41) is 11.8. The van der Waals surface area contributed by atoms with Gasteiger partial charge < -0.3 is 15.8 Å². The number of rotatable bonds is 7. The van der Waals surface area contributed by atoms with Crippen LogP contribution in [0.4, 0.5) is 14.6 Å². The monoisotopic (exact) mass is 411 g/mol. The van der Waals surface area contributed by atoms with E-state index in [-0.39, 0.29) is 5.88 Å². The van der Waals surface area contributed by atoms with E-state index in [1.54, 1.807) is 42.5 Å². The Morgan fingerprint density at radius 3 is 2.53 bits per heavy atom. The lowest BCUT2D eigenvalue weighted by molar-refractivity contribution is -0.0531. The van der Waals surface area contributed by atoms with E-state index < -0.39 is 18.1 Å². The predicted octanol–water partition coefficient (Wildman–Crippen LogP) is 3.73. The molecule has 4 rings (SSSR count). The molecule has 154 valence electrons. The molecule has 0 spiro atoms. The van der Waals surface area contributed by atoms with Crippen molar-refractivity contribution >= 4 is 11.7 Å². The number of hydrogen-bond donors (Lipinski definition) is 2. The number of nitrogens with zero attached hydrogens (tertiary/aromatic N) is 3. The van der Waals surface area contributed by atoms with E-state index >= 15 is 0 Å². The second-order valence-electron chi connectivity index (χ2n) is 7.05. The number of primary amides is 1. The molecule has 0 atom stereocenters. The van der Waals surface area contributed by atoms with Crippen LogP contribution in [0.2, 0.25) is 0 Å². The second-order valence-corrected chi connectivity index (χ2v) is 7.05. The molecule has 0 radical (unpaired) electrons. The molecule has 1 aliphatic rings. The van der Waals surface area contributed by atoms with E-state index in [0.717, 1.165) is 24.8 Å². The number of carbonyl (C=O) groups excluding carboxylic acids is 1. The van der Waals surface area contributed by atoms with Gasteiger partial charge >= 0.3 is 6.61 Å². The first-order valence-electron chi connectivity index (χ1n) is 9.40. The van der Waals surface area contributed by atoms with Gasteiger partial charge in [0.15, 0.2) is 0 Å². The van der Waals surface area contributed by atoms with Crippen LogP contribution in [0.1, 0.15) is 35.3 Å². The van der Waals surface area contributed by atoms with Crippen LogP contribution in [0.15, 0.2) is 54.6 Å². The number of benzene rings is 1. The van der Waals surface area contributed by atoms with Gasteiger partial charge in [0.25, 0.3) is 0 Å². The fourth-order valence-electron chi connectivity index (χ4n) is 3.44. The largest absolute Gasteiger partial charge is 0.417 e. The van der Waals surface area contributed by atoms with Gasteiger partial charge in [-0.2, -0.15) is 8.78 Å². The van der Waals surface area contributed by atoms with Gasteiger partial charge in [0.05, 0.1) is 16.9 Å². The Bertz CT molecular complexity index is 1060. The predicted molar refractivity (Wildman–Crippen MR) is 106 cm³/mol. The topological polar surface area (TPSA) is 103 Å². The fourth-order valence-corrected chi connectivity index (χ4v) is 3.44. The lowest BCUT2D eigenvalue weighted by atomic mass is 9.74. The number of amides is 1. The molecule has 9 heteroatoms. The minimum absolute atomic E-state index is 0.119. The molecule has 0 bridgehead atoms. The first-order chi connectivity index (χ1) is 14.4. The van der Waals surface area contributed by atoms with Gasteiger partial charge in [0, 0.05) is 17.2 Å². The first kappa shape index (κ1) is 19.7. The van der Waals surface area contributed by atoms with Crippen molar-refractivity contribution < 1.29 is 18.3 Å². The Labute approximate surface area is 171 Å². The molecule has 0 aliphatic heterocycles. The maximum absolute atomic E-state index is 12.5. The normalized spacial score (nSPS) is 14.8. The summed E-state index contributed by atoms with van der Waals surface area (Å²) in [5.41, 5.74) is 7.14. The summed E-state index contributed by atoms with van der Waals surface area (Å²) >= 11 is 0. The Morgan fingerprint density at radius 2 is 1.90 bits per heavy atom. The van der Waals surface area contributed by atoms with Gasteiger partial charge in [-0.3, -0.25) is 4.79 Å². The average molecular weight is 411 g/mol. The lowest BCUT2D eigenvalue weighted by Crippen LogP contribution is -2.43. The second kappa shape index (κ2) is 8.02. The molecule has 1 fully saturated rings. The van der Waals surface area contributed by atoms with E-state index in [1.165, 1.54) is 6.07 Å². The Hall–Kier alpha value is -3.62. The van der Waals surface area contributed by atoms with Crippen LogP contribution in [0.3, 0.4) is 0 Å². The van der Waals surface area contributed by atoms with Crippen molar-refractivity contribution in [1.82, 2.24) is 15.2 Å². The number of pyridine rings is 1. The number of aromatic nitrogens is 3. The number of anilines is 1. The van der Waals surface area contributed by atoms with E-state index in [1.807, 2.05) is 6.07 Å². The molecular formula is C21H19F2N5O2. The number of alkyl halides is 2. The lowest BCUT2D eigenvalue weighted by Gasteiger charge is -2.42. The summed E-state index contributed by atoms with van der Waals surface area (Å²) in [5.74, 6) is -0.0987. The van der Waals surface area contributed by atoms with Gasteiger partial charge in [0.1, 0.15) is 5.82 Å². The summed E-state index contributed by atoms with van der Waals surface area (Å²) in [6.07, 6.45) is 2.53. The van der Waals surface area contributed by atoms with E-state index in [0.29, 0.717) is 22.8 Å². The van der Waals surface area contributed by atoms with E-state index in [2.05, 4.69) is 25.2 Å².